The van der Waals surface area contributed by atoms with Crippen LogP contribution < -0.4 is 0 Å². The van der Waals surface area contributed by atoms with Crippen LogP contribution in [0.2, 0.25) is 10.0 Å². The van der Waals surface area contributed by atoms with E-state index in [4.69, 9.17) is 23.2 Å². The van der Waals surface area contributed by atoms with Crippen LogP contribution in [0, 0.1) is 23.5 Å². The first-order chi connectivity index (χ1) is 23.3. The molecule has 0 aromatic heterocycles. The predicted molar refractivity (Wildman–Crippen MR) is 232 cm³/mol. The van der Waals surface area contributed by atoms with Gasteiger partial charge in [0.1, 0.15) is 0 Å². The summed E-state index contributed by atoms with van der Waals surface area (Å²) in [5.41, 5.74) is 14.4. The Balaban J connectivity index is 0.000000275. The monoisotopic (exact) mass is 850 g/mol. The van der Waals surface area contributed by atoms with Gasteiger partial charge in [0.15, 0.2) is 0 Å². The first-order valence-corrected chi connectivity index (χ1v) is 21.4. The quantitative estimate of drug-likeness (QED) is 0.159. The van der Waals surface area contributed by atoms with Crippen molar-refractivity contribution in [2.75, 3.05) is 0 Å². The van der Waals surface area contributed by atoms with E-state index in [1.54, 1.807) is 0 Å². The molecule has 2 aliphatic carbocycles. The van der Waals surface area contributed by atoms with Crippen molar-refractivity contribution in [3.8, 4) is 11.1 Å². The zero-order valence-corrected chi connectivity index (χ0v) is 38.4. The Morgan fingerprint density at radius 2 is 1.21 bits per heavy atom. The molecule has 2 aliphatic rings. The van der Waals surface area contributed by atoms with E-state index >= 15 is 0 Å². The van der Waals surface area contributed by atoms with E-state index in [2.05, 4.69) is 156 Å². The second-order valence-corrected chi connectivity index (χ2v) is 19.6. The molecule has 0 fully saturated rings. The van der Waals surface area contributed by atoms with Crippen molar-refractivity contribution >= 4 is 55.4 Å². The molecule has 4 aromatic rings. The second kappa shape index (κ2) is 19.6. The molecule has 0 nitrogen and oxygen atoms in total. The van der Waals surface area contributed by atoms with Gasteiger partial charge in [-0.25, -0.2) is 5.57 Å². The van der Waals surface area contributed by atoms with E-state index in [1.807, 2.05) is 24.3 Å². The molecule has 52 heavy (non-hydrogen) atoms. The SMILES string of the molecule is CC(C)(C)c1[c-]c2c(cc1)-c1ccc(C(C)(C)C)cc1C2.CCC1=[C-]C(C)C=C1C(C)(C)C.Cl.Cl.Clc1ccc([CH]=[Zr]=[CH]c2ccc(Cl)cc2)cc1. The number of halogens is 4. The van der Waals surface area contributed by atoms with E-state index < -0.39 is 22.3 Å². The number of allylic oxidation sites excluding steroid dienone is 4. The maximum atomic E-state index is 5.84. The Labute approximate surface area is 348 Å². The van der Waals surface area contributed by atoms with Gasteiger partial charge in [0, 0.05) is 0 Å². The molecule has 0 aliphatic heterocycles. The molecule has 278 valence electrons. The van der Waals surface area contributed by atoms with Crippen LogP contribution in [0.4, 0.5) is 0 Å². The Morgan fingerprint density at radius 3 is 1.65 bits per heavy atom. The normalized spacial score (nSPS) is 14.3. The van der Waals surface area contributed by atoms with Crippen LogP contribution in [-0.4, -0.2) is 7.42 Å². The van der Waals surface area contributed by atoms with Gasteiger partial charge >= 0.3 is 123 Å². The van der Waals surface area contributed by atoms with E-state index in [-0.39, 0.29) is 35.6 Å². The van der Waals surface area contributed by atoms with Gasteiger partial charge in [-0.3, -0.25) is 6.08 Å². The minimum atomic E-state index is -0.623. The number of rotatable bonds is 3. The fourth-order valence-electron chi connectivity index (χ4n) is 6.12. The molecule has 1 unspecified atom stereocenters. The molecular formula is C47H56Cl4Zr-2. The Hall–Kier alpha value is -1.86. The Kier molecular flexibility index (Phi) is 17.5. The summed E-state index contributed by atoms with van der Waals surface area (Å²) < 4.78 is 4.66. The summed E-state index contributed by atoms with van der Waals surface area (Å²) in [5, 5.41) is 1.57. The van der Waals surface area contributed by atoms with Gasteiger partial charge in [-0.2, -0.15) is 35.4 Å². The van der Waals surface area contributed by atoms with Gasteiger partial charge in [-0.05, 0) is 28.4 Å². The summed E-state index contributed by atoms with van der Waals surface area (Å²) in [6.07, 6.45) is 7.98. The van der Waals surface area contributed by atoms with Crippen LogP contribution in [0.25, 0.3) is 11.1 Å². The van der Waals surface area contributed by atoms with Gasteiger partial charge in [0.2, 0.25) is 0 Å². The van der Waals surface area contributed by atoms with Crippen molar-refractivity contribution < 1.29 is 22.3 Å². The van der Waals surface area contributed by atoms with Crippen LogP contribution in [0.5, 0.6) is 0 Å². The van der Waals surface area contributed by atoms with E-state index in [1.165, 1.54) is 55.7 Å². The molecule has 0 radical (unpaired) electrons. The maximum absolute atomic E-state index is 5.84. The van der Waals surface area contributed by atoms with Crippen molar-refractivity contribution in [1.29, 1.82) is 0 Å². The molecular weight excluding hydrogens is 798 g/mol. The number of fused-ring (bicyclic) bond motifs is 3. The third-order valence-corrected chi connectivity index (χ3v) is 12.0. The van der Waals surface area contributed by atoms with Gasteiger partial charge in [0.25, 0.3) is 0 Å². The number of benzene rings is 4. The molecule has 0 N–H and O–H groups in total. The minimum absolute atomic E-state index is 0. The third-order valence-electron chi connectivity index (χ3n) is 9.01. The summed E-state index contributed by atoms with van der Waals surface area (Å²) in [6.45, 7) is 24.8. The molecule has 0 spiro atoms. The molecule has 0 saturated carbocycles. The average molecular weight is 854 g/mol. The Morgan fingerprint density at radius 1 is 0.692 bits per heavy atom. The molecule has 0 heterocycles. The van der Waals surface area contributed by atoms with Crippen LogP contribution in [0.1, 0.15) is 116 Å². The van der Waals surface area contributed by atoms with Crippen molar-refractivity contribution in [2.24, 2.45) is 11.3 Å². The Bertz CT molecular complexity index is 1790. The van der Waals surface area contributed by atoms with Crippen molar-refractivity contribution in [2.45, 2.75) is 99.8 Å². The zero-order chi connectivity index (χ0) is 36.9. The van der Waals surface area contributed by atoms with Crippen molar-refractivity contribution in [1.82, 2.24) is 0 Å². The van der Waals surface area contributed by atoms with Gasteiger partial charge in [0.05, 0.1) is 0 Å². The number of hydrogen-bond acceptors (Lipinski definition) is 0. The third kappa shape index (κ3) is 13.2. The molecule has 0 saturated heterocycles. The first-order valence-electron chi connectivity index (χ1n) is 17.8. The first kappa shape index (κ1) is 46.3. The molecule has 0 bridgehead atoms. The van der Waals surface area contributed by atoms with E-state index in [0.717, 1.165) is 22.9 Å². The fraction of sp³-hybridized carbons (Fsp3) is 0.362. The zero-order valence-electron chi connectivity index (χ0n) is 32.8. The van der Waals surface area contributed by atoms with Crippen LogP contribution in [0.3, 0.4) is 0 Å². The van der Waals surface area contributed by atoms with E-state index in [9.17, 15) is 0 Å². The van der Waals surface area contributed by atoms with Gasteiger partial charge in [-0.1, -0.05) is 118 Å². The topological polar surface area (TPSA) is 0 Å². The second-order valence-electron chi connectivity index (χ2n) is 16.5. The van der Waals surface area contributed by atoms with Crippen LogP contribution >= 0.6 is 48.0 Å². The van der Waals surface area contributed by atoms with E-state index in [0.29, 0.717) is 11.3 Å². The fourth-order valence-corrected chi connectivity index (χ4v) is 8.47. The molecule has 5 heteroatoms. The van der Waals surface area contributed by atoms with Crippen LogP contribution in [-0.2, 0) is 39.5 Å². The summed E-state index contributed by atoms with van der Waals surface area (Å²) >= 11 is 11.0. The van der Waals surface area contributed by atoms with Gasteiger partial charge in [-0.15, -0.1) is 35.9 Å². The molecule has 0 amide bonds. The standard InChI is InChI=1S/C21H25.C12H19.2C7H5Cl.2ClH.Zr/c1-20(2,3)16-7-9-18-14(12-16)11-15-13-17(21(4,5)6)8-10-19(15)18;1-6-10-7-9(2)8-11(10)12(3,4)5;2*1-6-2-4-7(8)5-3-6;;;/h7-10,12H,11H2,1-6H3;8-9H,6H2,1-5H3;2*1-5H;2*1H;/q2*-1;;;;;. The number of hydrogen-bond donors (Lipinski definition) is 0. The molecule has 6 rings (SSSR count). The predicted octanol–water partition coefficient (Wildman–Crippen LogP) is 14.3. The summed E-state index contributed by atoms with van der Waals surface area (Å²) in [5.74, 6) is 0.522. The molecule has 4 aromatic carbocycles. The average Bonchev–Trinajstić information content (AvgIpc) is 3.62. The molecule has 1 atom stereocenters. The van der Waals surface area contributed by atoms with Crippen molar-refractivity contribution in [3.63, 3.8) is 0 Å². The van der Waals surface area contributed by atoms with Crippen LogP contribution in [0.15, 0.2) is 96.1 Å². The summed E-state index contributed by atoms with van der Waals surface area (Å²) in [6, 6.07) is 31.1. The van der Waals surface area contributed by atoms with Crippen molar-refractivity contribution in [3.05, 3.63) is 152 Å². The summed E-state index contributed by atoms with van der Waals surface area (Å²) in [7, 11) is 0. The van der Waals surface area contributed by atoms with Gasteiger partial charge < -0.3 is 0 Å². The summed E-state index contributed by atoms with van der Waals surface area (Å²) in [4.78, 5) is 0.